The first-order chi connectivity index (χ1) is 12.7. The molecule has 0 aliphatic heterocycles. The summed E-state index contributed by atoms with van der Waals surface area (Å²) in [6.07, 6.45) is 22.7. The van der Waals surface area contributed by atoms with E-state index in [1.54, 1.807) is 0 Å². The van der Waals surface area contributed by atoms with E-state index in [1.165, 1.54) is 116 Å². The van der Waals surface area contributed by atoms with Crippen molar-refractivity contribution in [3.05, 3.63) is 0 Å². The Labute approximate surface area is 202 Å². The maximum absolute atomic E-state index is 3.64. The third-order valence-corrected chi connectivity index (χ3v) is 5.56. The van der Waals surface area contributed by atoms with Crippen LogP contribution in [-0.2, 0) is 0 Å². The Morgan fingerprint density at radius 1 is 0.393 bits per heavy atom. The van der Waals surface area contributed by atoms with Crippen molar-refractivity contribution >= 4 is 29.6 Å². The van der Waals surface area contributed by atoms with Crippen molar-refractivity contribution in [2.75, 3.05) is 13.1 Å². The van der Waals surface area contributed by atoms with Crippen LogP contribution in [-0.4, -0.2) is 42.6 Å². The Kier molecular flexibility index (Phi) is 22.1. The Balaban J connectivity index is 0. The number of nitrogens with one attached hydrogen (secondary N) is 1. The number of unbranched alkanes of at least 4 members (excludes halogenated alkanes) is 12. The van der Waals surface area contributed by atoms with Gasteiger partial charge in [0.15, 0.2) is 0 Å². The van der Waals surface area contributed by atoms with Gasteiger partial charge in [0.25, 0.3) is 0 Å². The van der Waals surface area contributed by atoms with Crippen molar-refractivity contribution in [2.24, 2.45) is 10.8 Å². The fraction of sp³-hybridized carbons (Fsp3) is 1.00. The van der Waals surface area contributed by atoms with Crippen molar-refractivity contribution in [3.63, 3.8) is 0 Å². The molecule has 0 amide bonds. The summed E-state index contributed by atoms with van der Waals surface area (Å²) in [7, 11) is 0. The van der Waals surface area contributed by atoms with Crippen molar-refractivity contribution in [1.29, 1.82) is 0 Å². The standard InChI is InChI=1S/C26H55N.Na/c1-25(2,3)21-17-13-9-7-11-15-19-23-27-24-20-16-12-8-10-14-18-22-26(4,5)6;/h27H,7-24H2,1-6H3;. The molecule has 0 aromatic carbocycles. The fourth-order valence-electron chi connectivity index (χ4n) is 3.70. The van der Waals surface area contributed by atoms with E-state index in [0.717, 1.165) is 0 Å². The summed E-state index contributed by atoms with van der Waals surface area (Å²) < 4.78 is 0. The largest absolute Gasteiger partial charge is 0.317 e. The van der Waals surface area contributed by atoms with E-state index >= 15 is 0 Å². The molecule has 1 nitrogen and oxygen atoms in total. The van der Waals surface area contributed by atoms with E-state index in [9.17, 15) is 0 Å². The normalized spacial score (nSPS) is 12.2. The third-order valence-electron chi connectivity index (χ3n) is 5.56. The van der Waals surface area contributed by atoms with Gasteiger partial charge in [0.05, 0.1) is 0 Å². The summed E-state index contributed by atoms with van der Waals surface area (Å²) in [5.41, 5.74) is 1.05. The smallest absolute Gasteiger partial charge is 0 e. The zero-order chi connectivity index (χ0) is 20.4. The van der Waals surface area contributed by atoms with E-state index in [2.05, 4.69) is 46.9 Å². The van der Waals surface area contributed by atoms with E-state index < -0.39 is 0 Å². The van der Waals surface area contributed by atoms with Crippen LogP contribution in [0.2, 0.25) is 0 Å². The molecule has 0 aromatic heterocycles. The summed E-state index contributed by atoms with van der Waals surface area (Å²) in [6.45, 7) is 16.6. The van der Waals surface area contributed by atoms with Gasteiger partial charge < -0.3 is 5.32 Å². The van der Waals surface area contributed by atoms with Crippen LogP contribution >= 0.6 is 0 Å². The van der Waals surface area contributed by atoms with Crippen LogP contribution in [0.25, 0.3) is 0 Å². The summed E-state index contributed by atoms with van der Waals surface area (Å²) in [5, 5.41) is 3.64. The zero-order valence-electron chi connectivity index (χ0n) is 21.2. The molecule has 0 heterocycles. The molecular weight excluding hydrogens is 349 g/mol. The quantitative estimate of drug-likeness (QED) is 0.178. The molecule has 0 aromatic rings. The first-order valence-corrected chi connectivity index (χ1v) is 12.4. The molecule has 0 aliphatic rings. The summed E-state index contributed by atoms with van der Waals surface area (Å²) in [6, 6.07) is 0. The molecule has 0 bridgehead atoms. The minimum Gasteiger partial charge on any atom is -0.317 e. The number of rotatable bonds is 18. The van der Waals surface area contributed by atoms with Gasteiger partial charge >= 0.3 is 0 Å². The van der Waals surface area contributed by atoms with Crippen molar-refractivity contribution in [3.8, 4) is 0 Å². The van der Waals surface area contributed by atoms with Gasteiger partial charge in [0.2, 0.25) is 0 Å². The Bertz CT molecular complexity index is 271. The van der Waals surface area contributed by atoms with E-state index in [1.807, 2.05) is 0 Å². The molecule has 0 atom stereocenters. The predicted molar refractivity (Wildman–Crippen MR) is 131 cm³/mol. The van der Waals surface area contributed by atoms with Gasteiger partial charge in [-0.2, -0.15) is 0 Å². The van der Waals surface area contributed by atoms with Crippen LogP contribution in [0.1, 0.15) is 144 Å². The maximum atomic E-state index is 3.64. The van der Waals surface area contributed by atoms with Crippen molar-refractivity contribution < 1.29 is 0 Å². The molecule has 0 unspecified atom stereocenters. The molecule has 2 heteroatoms. The molecule has 28 heavy (non-hydrogen) atoms. The molecule has 0 aliphatic carbocycles. The minimum absolute atomic E-state index is 0. The van der Waals surface area contributed by atoms with Crippen LogP contribution in [0.15, 0.2) is 0 Å². The van der Waals surface area contributed by atoms with E-state index in [4.69, 9.17) is 0 Å². The maximum Gasteiger partial charge on any atom is 0 e. The van der Waals surface area contributed by atoms with Crippen LogP contribution in [0.4, 0.5) is 0 Å². The number of hydrogen-bond donors (Lipinski definition) is 1. The molecule has 1 N–H and O–H groups in total. The van der Waals surface area contributed by atoms with Gasteiger partial charge in [0, 0.05) is 29.6 Å². The van der Waals surface area contributed by atoms with Gasteiger partial charge in [-0.15, -0.1) is 0 Å². The second-order valence-electron chi connectivity index (χ2n) is 11.3. The van der Waals surface area contributed by atoms with Crippen LogP contribution in [0.3, 0.4) is 0 Å². The Morgan fingerprint density at radius 3 is 0.929 bits per heavy atom. The van der Waals surface area contributed by atoms with Gasteiger partial charge in [-0.05, 0) is 49.6 Å². The van der Waals surface area contributed by atoms with Gasteiger partial charge in [0.1, 0.15) is 0 Å². The molecule has 0 saturated heterocycles. The van der Waals surface area contributed by atoms with E-state index in [-0.39, 0.29) is 29.6 Å². The summed E-state index contributed by atoms with van der Waals surface area (Å²) in [4.78, 5) is 0. The molecule has 0 rings (SSSR count). The molecule has 0 spiro atoms. The van der Waals surface area contributed by atoms with E-state index in [0.29, 0.717) is 10.8 Å². The molecule has 0 saturated carbocycles. The minimum atomic E-state index is 0. The van der Waals surface area contributed by atoms with Crippen LogP contribution in [0, 0.1) is 10.8 Å². The predicted octanol–water partition coefficient (Wildman–Crippen LogP) is 8.53. The van der Waals surface area contributed by atoms with Crippen molar-refractivity contribution in [1.82, 2.24) is 5.32 Å². The first kappa shape index (κ1) is 31.1. The van der Waals surface area contributed by atoms with Crippen LogP contribution in [0.5, 0.6) is 0 Å². The molecule has 0 fully saturated rings. The fourth-order valence-corrected chi connectivity index (χ4v) is 3.70. The molecule has 1 radical (unpaired) electrons. The summed E-state index contributed by atoms with van der Waals surface area (Å²) in [5.74, 6) is 0. The van der Waals surface area contributed by atoms with Gasteiger partial charge in [-0.1, -0.05) is 119 Å². The molecular formula is C26H55NNa. The average molecular weight is 405 g/mol. The molecule has 165 valence electrons. The summed E-state index contributed by atoms with van der Waals surface area (Å²) >= 11 is 0. The van der Waals surface area contributed by atoms with Crippen molar-refractivity contribution in [2.45, 2.75) is 144 Å². The Hall–Kier alpha value is 0.960. The first-order valence-electron chi connectivity index (χ1n) is 12.4. The monoisotopic (exact) mass is 404 g/mol. The second-order valence-corrected chi connectivity index (χ2v) is 11.3. The SMILES string of the molecule is CC(C)(C)CCCCCCCCCNCCCCCCCCCC(C)(C)C.[Na]. The average Bonchev–Trinajstić information content (AvgIpc) is 2.55. The third kappa shape index (κ3) is 29.2. The van der Waals surface area contributed by atoms with Gasteiger partial charge in [-0.3, -0.25) is 0 Å². The Morgan fingerprint density at radius 2 is 0.643 bits per heavy atom. The zero-order valence-corrected chi connectivity index (χ0v) is 23.2. The topological polar surface area (TPSA) is 12.0 Å². The second kappa shape index (κ2) is 19.9. The number of hydrogen-bond acceptors (Lipinski definition) is 1. The van der Waals surface area contributed by atoms with Crippen LogP contribution < -0.4 is 5.32 Å². The van der Waals surface area contributed by atoms with Gasteiger partial charge in [-0.25, -0.2) is 0 Å².